The summed E-state index contributed by atoms with van der Waals surface area (Å²) in [6.45, 7) is 2.17. The highest BCUT2D eigenvalue weighted by atomic mass is 32.2. The van der Waals surface area contributed by atoms with E-state index in [1.54, 1.807) is 7.11 Å². The van der Waals surface area contributed by atoms with Gasteiger partial charge in [0.25, 0.3) is 0 Å². The monoisotopic (exact) mass is 199 g/mol. The van der Waals surface area contributed by atoms with Gasteiger partial charge < -0.3 is 10.5 Å². The molecule has 0 spiro atoms. The van der Waals surface area contributed by atoms with Crippen molar-refractivity contribution in [1.29, 1.82) is 0 Å². The summed E-state index contributed by atoms with van der Waals surface area (Å²) in [5.41, 5.74) is 6.12. The van der Waals surface area contributed by atoms with Crippen LogP contribution >= 0.6 is 11.8 Å². The van der Waals surface area contributed by atoms with Crippen LogP contribution in [0.4, 0.5) is 0 Å². The highest BCUT2D eigenvalue weighted by molar-refractivity contribution is 7.98. The number of thioether (sulfide) groups is 1. The summed E-state index contributed by atoms with van der Waals surface area (Å²) in [7, 11) is 1.67. The summed E-state index contributed by atoms with van der Waals surface area (Å²) in [4.78, 5) is 0. The van der Waals surface area contributed by atoms with Crippen LogP contribution in [0, 0.1) is 5.41 Å². The lowest BCUT2D eigenvalue weighted by atomic mass is 9.81. The van der Waals surface area contributed by atoms with Crippen LogP contribution in [0.15, 0.2) is 24.0 Å². The molecule has 1 rings (SSSR count). The Morgan fingerprint density at radius 1 is 1.69 bits per heavy atom. The number of hydrogen-bond donors (Lipinski definition) is 1. The molecule has 2 atom stereocenters. The van der Waals surface area contributed by atoms with Crippen molar-refractivity contribution in [2.24, 2.45) is 11.1 Å². The molecule has 0 bridgehead atoms. The molecule has 0 amide bonds. The Morgan fingerprint density at radius 2 is 2.38 bits per heavy atom. The van der Waals surface area contributed by atoms with E-state index in [2.05, 4.69) is 19.3 Å². The van der Waals surface area contributed by atoms with E-state index in [0.717, 1.165) is 11.5 Å². The van der Waals surface area contributed by atoms with Gasteiger partial charge in [-0.1, -0.05) is 13.0 Å². The molecule has 0 radical (unpaired) electrons. The van der Waals surface area contributed by atoms with Gasteiger partial charge in [-0.05, 0) is 18.4 Å². The van der Waals surface area contributed by atoms with Crippen molar-refractivity contribution < 1.29 is 4.74 Å². The SMILES string of the molecule is COC1=CC(N)C(C)(CSC)C=C1. The maximum atomic E-state index is 6.04. The van der Waals surface area contributed by atoms with Gasteiger partial charge in [0.15, 0.2) is 0 Å². The fourth-order valence-corrected chi connectivity index (χ4v) is 2.31. The van der Waals surface area contributed by atoms with Crippen LogP contribution < -0.4 is 5.73 Å². The third kappa shape index (κ3) is 2.29. The summed E-state index contributed by atoms with van der Waals surface area (Å²) in [6, 6.07) is 0.0555. The first-order valence-electron chi connectivity index (χ1n) is 4.32. The molecule has 2 N–H and O–H groups in total. The molecule has 0 aromatic rings. The normalized spacial score (nSPS) is 32.9. The number of rotatable bonds is 3. The molecule has 1 aliphatic rings. The average molecular weight is 199 g/mol. The molecule has 3 heteroatoms. The second-order valence-corrected chi connectivity index (χ2v) is 4.44. The van der Waals surface area contributed by atoms with Crippen molar-refractivity contribution in [3.8, 4) is 0 Å². The van der Waals surface area contributed by atoms with E-state index < -0.39 is 0 Å². The summed E-state index contributed by atoms with van der Waals surface area (Å²) >= 11 is 1.82. The van der Waals surface area contributed by atoms with Crippen molar-refractivity contribution in [3.63, 3.8) is 0 Å². The predicted octanol–water partition coefficient (Wildman–Crippen LogP) is 1.78. The van der Waals surface area contributed by atoms with Crippen molar-refractivity contribution in [2.45, 2.75) is 13.0 Å². The Labute approximate surface area is 84.2 Å². The molecule has 0 aromatic carbocycles. The maximum Gasteiger partial charge on any atom is 0.116 e. The number of allylic oxidation sites excluding steroid dienone is 1. The van der Waals surface area contributed by atoms with Gasteiger partial charge in [0.05, 0.1) is 7.11 Å². The largest absolute Gasteiger partial charge is 0.497 e. The molecule has 0 heterocycles. The minimum absolute atomic E-state index is 0.0555. The van der Waals surface area contributed by atoms with E-state index >= 15 is 0 Å². The molecule has 0 aliphatic heterocycles. The highest BCUT2D eigenvalue weighted by Crippen LogP contribution is 2.31. The molecule has 0 fully saturated rings. The first-order chi connectivity index (χ1) is 6.12. The van der Waals surface area contributed by atoms with Gasteiger partial charge in [-0.15, -0.1) is 0 Å². The fourth-order valence-electron chi connectivity index (χ4n) is 1.40. The zero-order valence-corrected chi connectivity index (χ0v) is 9.23. The average Bonchev–Trinajstić information content (AvgIpc) is 2.11. The molecule has 0 saturated carbocycles. The Morgan fingerprint density at radius 3 is 2.85 bits per heavy atom. The zero-order valence-electron chi connectivity index (χ0n) is 8.41. The molecule has 1 aliphatic carbocycles. The summed E-state index contributed by atoms with van der Waals surface area (Å²) in [5, 5.41) is 0. The van der Waals surface area contributed by atoms with E-state index in [1.807, 2.05) is 23.9 Å². The number of methoxy groups -OCH3 is 1. The molecule has 0 saturated heterocycles. The topological polar surface area (TPSA) is 35.2 Å². The number of ether oxygens (including phenoxy) is 1. The van der Waals surface area contributed by atoms with Crippen LogP contribution in [-0.4, -0.2) is 25.2 Å². The van der Waals surface area contributed by atoms with Crippen molar-refractivity contribution in [1.82, 2.24) is 0 Å². The van der Waals surface area contributed by atoms with E-state index in [4.69, 9.17) is 10.5 Å². The van der Waals surface area contributed by atoms with Crippen LogP contribution in [0.5, 0.6) is 0 Å². The van der Waals surface area contributed by atoms with Crippen molar-refractivity contribution in [2.75, 3.05) is 19.1 Å². The van der Waals surface area contributed by atoms with Gasteiger partial charge in [0, 0.05) is 17.2 Å². The second kappa shape index (κ2) is 4.20. The van der Waals surface area contributed by atoms with Gasteiger partial charge in [-0.2, -0.15) is 11.8 Å². The molecule has 2 unspecified atom stereocenters. The van der Waals surface area contributed by atoms with Crippen molar-refractivity contribution >= 4 is 11.8 Å². The Balaban J connectivity index is 2.75. The number of hydrogen-bond acceptors (Lipinski definition) is 3. The molecular weight excluding hydrogens is 182 g/mol. The lowest BCUT2D eigenvalue weighted by Gasteiger charge is -2.32. The van der Waals surface area contributed by atoms with Gasteiger partial charge in [-0.25, -0.2) is 0 Å². The van der Waals surface area contributed by atoms with Gasteiger partial charge >= 0.3 is 0 Å². The molecule has 74 valence electrons. The first-order valence-corrected chi connectivity index (χ1v) is 5.71. The Bertz CT molecular complexity index is 237. The minimum atomic E-state index is 0.0555. The van der Waals surface area contributed by atoms with Crippen LogP contribution in [0.1, 0.15) is 6.92 Å². The fraction of sp³-hybridized carbons (Fsp3) is 0.600. The third-order valence-corrected chi connectivity index (χ3v) is 3.34. The van der Waals surface area contributed by atoms with Crippen molar-refractivity contribution in [3.05, 3.63) is 24.0 Å². The van der Waals surface area contributed by atoms with Crippen LogP contribution in [-0.2, 0) is 4.74 Å². The lowest BCUT2D eigenvalue weighted by Crippen LogP contribution is -2.40. The second-order valence-electron chi connectivity index (χ2n) is 3.57. The van der Waals surface area contributed by atoms with E-state index in [0.29, 0.717) is 0 Å². The Kier molecular flexibility index (Phi) is 3.45. The summed E-state index contributed by atoms with van der Waals surface area (Å²) in [5.74, 6) is 1.91. The maximum absolute atomic E-state index is 6.04. The molecule has 0 aromatic heterocycles. The van der Waals surface area contributed by atoms with E-state index in [-0.39, 0.29) is 11.5 Å². The minimum Gasteiger partial charge on any atom is -0.497 e. The highest BCUT2D eigenvalue weighted by Gasteiger charge is 2.29. The summed E-state index contributed by atoms with van der Waals surface area (Å²) < 4.78 is 5.12. The predicted molar refractivity (Wildman–Crippen MR) is 58.7 cm³/mol. The number of nitrogens with two attached hydrogens (primary N) is 1. The van der Waals surface area contributed by atoms with Crippen LogP contribution in [0.25, 0.3) is 0 Å². The van der Waals surface area contributed by atoms with E-state index in [1.165, 1.54) is 0 Å². The lowest BCUT2D eigenvalue weighted by molar-refractivity contribution is 0.291. The first kappa shape index (κ1) is 10.7. The van der Waals surface area contributed by atoms with Gasteiger partial charge in [-0.3, -0.25) is 0 Å². The molecule has 2 nitrogen and oxygen atoms in total. The zero-order chi connectivity index (χ0) is 9.90. The van der Waals surface area contributed by atoms with E-state index in [9.17, 15) is 0 Å². The van der Waals surface area contributed by atoms with Gasteiger partial charge in [0.2, 0.25) is 0 Å². The van der Waals surface area contributed by atoms with Crippen LogP contribution in [0.2, 0.25) is 0 Å². The molecule has 13 heavy (non-hydrogen) atoms. The standard InChI is InChI=1S/C10H17NOS/c1-10(7-13-3)5-4-8(12-2)6-9(10)11/h4-6,9H,7,11H2,1-3H3. The third-order valence-electron chi connectivity index (χ3n) is 2.42. The molecular formula is C10H17NOS. The Hall–Kier alpha value is -0.410. The van der Waals surface area contributed by atoms with Gasteiger partial charge in [0.1, 0.15) is 5.76 Å². The summed E-state index contributed by atoms with van der Waals surface area (Å²) in [6.07, 6.45) is 8.23. The van der Waals surface area contributed by atoms with Crippen LogP contribution in [0.3, 0.4) is 0 Å². The quantitative estimate of drug-likeness (QED) is 0.752. The smallest absolute Gasteiger partial charge is 0.116 e.